The van der Waals surface area contributed by atoms with Crippen molar-refractivity contribution in [1.29, 1.82) is 0 Å². The normalized spacial score (nSPS) is 11.6. The second-order valence-corrected chi connectivity index (χ2v) is 8.83. The first kappa shape index (κ1) is 27.7. The first-order chi connectivity index (χ1) is 13.9. The molecule has 0 spiro atoms. The lowest BCUT2D eigenvalue weighted by Crippen LogP contribution is -1.84. The zero-order valence-corrected chi connectivity index (χ0v) is 19.5. The Morgan fingerprint density at radius 3 is 0.857 bits per heavy atom. The lowest BCUT2D eigenvalue weighted by Gasteiger charge is -2.04. The summed E-state index contributed by atoms with van der Waals surface area (Å²) in [5.74, 6) is 0. The molecule has 0 nitrogen and oxygen atoms in total. The van der Waals surface area contributed by atoms with E-state index in [1.165, 1.54) is 141 Å². The fraction of sp³-hybridized carbons (Fsp3) is 0.857. The monoisotopic (exact) mass is 390 g/mol. The van der Waals surface area contributed by atoms with E-state index >= 15 is 0 Å². The third-order valence-electron chi connectivity index (χ3n) is 5.91. The summed E-state index contributed by atoms with van der Waals surface area (Å²) in [5.41, 5.74) is 0. The fourth-order valence-electron chi connectivity index (χ4n) is 3.94. The van der Waals surface area contributed by atoms with Crippen molar-refractivity contribution in [2.45, 2.75) is 154 Å². The molecule has 0 aliphatic heterocycles. The van der Waals surface area contributed by atoms with Crippen LogP contribution in [0.15, 0.2) is 12.2 Å². The van der Waals surface area contributed by atoms with E-state index in [1.54, 1.807) is 0 Å². The lowest BCUT2D eigenvalue weighted by molar-refractivity contribution is 0.522. The number of rotatable bonds is 24. The molecule has 0 aliphatic rings. The van der Waals surface area contributed by atoms with Crippen LogP contribution in [0.3, 0.4) is 0 Å². The van der Waals surface area contributed by atoms with Gasteiger partial charge in [0.2, 0.25) is 0 Å². The SMILES string of the molecule is [CH2]CCCC=CCCCCCCCCCCCCCCCCCCCCC[CH2]. The second kappa shape index (κ2) is 26.7. The van der Waals surface area contributed by atoms with E-state index in [0.29, 0.717) is 0 Å². The molecule has 28 heavy (non-hydrogen) atoms. The molecule has 2 radical (unpaired) electrons. The zero-order valence-electron chi connectivity index (χ0n) is 19.5. The summed E-state index contributed by atoms with van der Waals surface area (Å²) >= 11 is 0. The van der Waals surface area contributed by atoms with Crippen molar-refractivity contribution < 1.29 is 0 Å². The quantitative estimate of drug-likeness (QED) is 0.113. The minimum absolute atomic E-state index is 1.07. The van der Waals surface area contributed by atoms with Gasteiger partial charge in [0.25, 0.3) is 0 Å². The maximum Gasteiger partial charge on any atom is -0.0351 e. The van der Waals surface area contributed by atoms with Crippen molar-refractivity contribution in [2.24, 2.45) is 0 Å². The fourth-order valence-corrected chi connectivity index (χ4v) is 3.94. The molecule has 0 amide bonds. The van der Waals surface area contributed by atoms with Crippen LogP contribution in [0.25, 0.3) is 0 Å². The number of hydrogen-bond donors (Lipinski definition) is 0. The average molecular weight is 391 g/mol. The molecule has 0 saturated carbocycles. The summed E-state index contributed by atoms with van der Waals surface area (Å²) in [6.07, 6.45) is 38.2. The Morgan fingerprint density at radius 2 is 0.536 bits per heavy atom. The third-order valence-corrected chi connectivity index (χ3v) is 5.91. The van der Waals surface area contributed by atoms with E-state index < -0.39 is 0 Å². The zero-order chi connectivity index (χ0) is 20.4. The topological polar surface area (TPSA) is 0 Å². The highest BCUT2D eigenvalue weighted by atomic mass is 14.0. The highest BCUT2D eigenvalue weighted by Gasteiger charge is 1.95. The second-order valence-electron chi connectivity index (χ2n) is 8.83. The van der Waals surface area contributed by atoms with E-state index in [0.717, 1.165) is 12.8 Å². The summed E-state index contributed by atoms with van der Waals surface area (Å²) in [7, 11) is 0. The predicted octanol–water partition coefficient (Wildman–Crippen LogP) is 10.6. The molecular formula is C28H54. The Balaban J connectivity index is 3.00. The van der Waals surface area contributed by atoms with Gasteiger partial charge >= 0.3 is 0 Å². The Kier molecular flexibility index (Phi) is 26.5. The van der Waals surface area contributed by atoms with Crippen LogP contribution in [0.5, 0.6) is 0 Å². The van der Waals surface area contributed by atoms with E-state index in [1.807, 2.05) is 0 Å². The Hall–Kier alpha value is -0.260. The van der Waals surface area contributed by atoms with E-state index in [9.17, 15) is 0 Å². The van der Waals surface area contributed by atoms with Crippen LogP contribution in [0.1, 0.15) is 154 Å². The molecule has 0 heterocycles. The highest BCUT2D eigenvalue weighted by Crippen LogP contribution is 2.15. The molecule has 0 heteroatoms. The van der Waals surface area contributed by atoms with Gasteiger partial charge < -0.3 is 0 Å². The van der Waals surface area contributed by atoms with Gasteiger partial charge in [0.1, 0.15) is 0 Å². The van der Waals surface area contributed by atoms with Crippen molar-refractivity contribution in [1.82, 2.24) is 0 Å². The molecular weight excluding hydrogens is 336 g/mol. The lowest BCUT2D eigenvalue weighted by atomic mass is 10.0. The molecule has 0 atom stereocenters. The van der Waals surface area contributed by atoms with Crippen molar-refractivity contribution in [2.75, 3.05) is 0 Å². The summed E-state index contributed by atoms with van der Waals surface area (Å²) in [6.45, 7) is 7.79. The van der Waals surface area contributed by atoms with Crippen molar-refractivity contribution in [3.63, 3.8) is 0 Å². The van der Waals surface area contributed by atoms with Crippen molar-refractivity contribution >= 4 is 0 Å². The molecule has 0 rings (SSSR count). The Bertz CT molecular complexity index is 278. The van der Waals surface area contributed by atoms with E-state index in [4.69, 9.17) is 0 Å². The molecule has 0 bridgehead atoms. The van der Waals surface area contributed by atoms with Gasteiger partial charge in [0.05, 0.1) is 0 Å². The van der Waals surface area contributed by atoms with Gasteiger partial charge in [0, 0.05) is 0 Å². The van der Waals surface area contributed by atoms with Crippen LogP contribution >= 0.6 is 0 Å². The van der Waals surface area contributed by atoms with E-state index in [2.05, 4.69) is 26.0 Å². The molecule has 0 aliphatic carbocycles. The molecule has 0 aromatic rings. The van der Waals surface area contributed by atoms with Gasteiger partial charge in [0.15, 0.2) is 0 Å². The minimum Gasteiger partial charge on any atom is -0.0885 e. The summed E-state index contributed by atoms with van der Waals surface area (Å²) in [5, 5.41) is 0. The van der Waals surface area contributed by atoms with Crippen molar-refractivity contribution in [3.8, 4) is 0 Å². The molecule has 0 saturated heterocycles. The molecule has 0 aromatic heterocycles. The van der Waals surface area contributed by atoms with Gasteiger partial charge in [-0.25, -0.2) is 0 Å². The van der Waals surface area contributed by atoms with Gasteiger partial charge in [-0.3, -0.25) is 0 Å². The van der Waals surface area contributed by atoms with Crippen molar-refractivity contribution in [3.05, 3.63) is 26.0 Å². The molecule has 0 unspecified atom stereocenters. The maximum absolute atomic E-state index is 3.91. The largest absolute Gasteiger partial charge is 0.0885 e. The smallest absolute Gasteiger partial charge is 0.0351 e. The summed E-state index contributed by atoms with van der Waals surface area (Å²) in [4.78, 5) is 0. The Morgan fingerprint density at radius 1 is 0.286 bits per heavy atom. The van der Waals surface area contributed by atoms with Gasteiger partial charge in [-0.15, -0.1) is 0 Å². The van der Waals surface area contributed by atoms with Gasteiger partial charge in [-0.1, -0.05) is 154 Å². The number of unbranched alkanes of at least 4 members (excludes halogenated alkanes) is 22. The molecule has 166 valence electrons. The Labute approximate surface area is 180 Å². The number of allylic oxidation sites excluding steroid dienone is 2. The minimum atomic E-state index is 1.07. The molecule has 0 aromatic carbocycles. The summed E-state index contributed by atoms with van der Waals surface area (Å²) < 4.78 is 0. The summed E-state index contributed by atoms with van der Waals surface area (Å²) in [6, 6.07) is 0. The first-order valence-electron chi connectivity index (χ1n) is 13.1. The van der Waals surface area contributed by atoms with Gasteiger partial charge in [-0.05, 0) is 25.7 Å². The van der Waals surface area contributed by atoms with Crippen LogP contribution in [0, 0.1) is 13.8 Å². The number of hydrogen-bond acceptors (Lipinski definition) is 0. The van der Waals surface area contributed by atoms with Crippen LogP contribution in [0.4, 0.5) is 0 Å². The van der Waals surface area contributed by atoms with Crippen LogP contribution in [-0.2, 0) is 0 Å². The molecule has 0 N–H and O–H groups in total. The van der Waals surface area contributed by atoms with E-state index in [-0.39, 0.29) is 0 Å². The maximum atomic E-state index is 3.91. The average Bonchev–Trinajstić information content (AvgIpc) is 2.71. The van der Waals surface area contributed by atoms with Crippen LogP contribution < -0.4 is 0 Å². The highest BCUT2D eigenvalue weighted by molar-refractivity contribution is 4.81. The van der Waals surface area contributed by atoms with Crippen LogP contribution in [0.2, 0.25) is 0 Å². The predicted molar refractivity (Wildman–Crippen MR) is 131 cm³/mol. The first-order valence-corrected chi connectivity index (χ1v) is 13.1. The van der Waals surface area contributed by atoms with Crippen LogP contribution in [-0.4, -0.2) is 0 Å². The standard InChI is InChI=1S/C28H54/c1-3-5-7-9-11-13-15-17-19-21-23-25-27-28-26-24-22-20-18-16-14-12-10-8-6-4-2/h9,11H,1-8,10,12-28H2. The van der Waals surface area contributed by atoms with Gasteiger partial charge in [-0.2, -0.15) is 0 Å². The third kappa shape index (κ3) is 25.7. The molecule has 0 fully saturated rings.